The van der Waals surface area contributed by atoms with Gasteiger partial charge in [-0.15, -0.1) is 0 Å². The molecule has 2 aromatic rings. The van der Waals surface area contributed by atoms with Gasteiger partial charge in [-0.1, -0.05) is 30.3 Å². The van der Waals surface area contributed by atoms with Crippen molar-refractivity contribution in [3.05, 3.63) is 69.9 Å². The summed E-state index contributed by atoms with van der Waals surface area (Å²) in [7, 11) is 0. The summed E-state index contributed by atoms with van der Waals surface area (Å²) >= 11 is 3.31. The van der Waals surface area contributed by atoms with E-state index in [1.54, 1.807) is 11.0 Å². The molecule has 0 N–H and O–H groups in total. The van der Waals surface area contributed by atoms with E-state index in [0.29, 0.717) is 29.7 Å². The highest BCUT2D eigenvalue weighted by Gasteiger charge is 2.27. The lowest BCUT2D eigenvalue weighted by atomic mass is 10.1. The van der Waals surface area contributed by atoms with E-state index in [1.807, 2.05) is 30.3 Å². The Morgan fingerprint density at radius 3 is 2.77 bits per heavy atom. The number of nitrogens with zero attached hydrogens (tertiary/aromatic N) is 1. The molecule has 0 spiro atoms. The van der Waals surface area contributed by atoms with Crippen LogP contribution in [-0.2, 0) is 4.74 Å². The van der Waals surface area contributed by atoms with Crippen LogP contribution in [0.2, 0.25) is 0 Å². The van der Waals surface area contributed by atoms with E-state index in [4.69, 9.17) is 4.74 Å². The molecule has 1 amide bonds. The van der Waals surface area contributed by atoms with E-state index in [-0.39, 0.29) is 12.0 Å². The second-order valence-electron chi connectivity index (χ2n) is 5.15. The molecule has 1 fully saturated rings. The maximum Gasteiger partial charge on any atom is 0.255 e. The number of carbonyl (C=O) groups excluding carboxylic acids is 1. The van der Waals surface area contributed by atoms with E-state index in [2.05, 4.69) is 15.9 Å². The van der Waals surface area contributed by atoms with Gasteiger partial charge in [0.25, 0.3) is 5.91 Å². The summed E-state index contributed by atoms with van der Waals surface area (Å²) < 4.78 is 19.8. The van der Waals surface area contributed by atoms with Gasteiger partial charge < -0.3 is 9.64 Å². The zero-order valence-corrected chi connectivity index (χ0v) is 13.4. The van der Waals surface area contributed by atoms with Crippen molar-refractivity contribution in [2.75, 3.05) is 19.7 Å². The van der Waals surface area contributed by atoms with Crippen molar-refractivity contribution in [2.45, 2.75) is 6.10 Å². The second kappa shape index (κ2) is 6.58. The first-order valence-electron chi connectivity index (χ1n) is 7.06. The fourth-order valence-corrected chi connectivity index (χ4v) is 2.95. The molecule has 0 saturated carbocycles. The number of ether oxygens (including phenoxy) is 1. The number of rotatable bonds is 2. The Morgan fingerprint density at radius 2 is 2.00 bits per heavy atom. The summed E-state index contributed by atoms with van der Waals surface area (Å²) in [5.41, 5.74) is 1.38. The molecule has 1 unspecified atom stereocenters. The minimum absolute atomic E-state index is 0.147. The van der Waals surface area contributed by atoms with Crippen molar-refractivity contribution in [2.24, 2.45) is 0 Å². The van der Waals surface area contributed by atoms with Crippen LogP contribution in [-0.4, -0.2) is 30.5 Å². The van der Waals surface area contributed by atoms with Crippen molar-refractivity contribution in [1.29, 1.82) is 0 Å². The van der Waals surface area contributed by atoms with Gasteiger partial charge in [0, 0.05) is 11.0 Å². The van der Waals surface area contributed by atoms with Crippen molar-refractivity contribution in [3.8, 4) is 0 Å². The van der Waals surface area contributed by atoms with E-state index >= 15 is 0 Å². The van der Waals surface area contributed by atoms with Crippen LogP contribution in [0, 0.1) is 5.82 Å². The number of amides is 1. The van der Waals surface area contributed by atoms with Gasteiger partial charge in [0.1, 0.15) is 11.9 Å². The van der Waals surface area contributed by atoms with Crippen LogP contribution in [0.25, 0.3) is 0 Å². The standard InChI is InChI=1S/C17H15BrFNO2/c18-15-7-6-13(19)10-14(15)17(21)20-8-9-22-16(11-20)12-4-2-1-3-5-12/h1-7,10,16H,8-9,11H2. The van der Waals surface area contributed by atoms with Crippen LogP contribution in [0.3, 0.4) is 0 Å². The molecule has 1 heterocycles. The fraction of sp³-hybridized carbons (Fsp3) is 0.235. The Hall–Kier alpha value is -1.72. The summed E-state index contributed by atoms with van der Waals surface area (Å²) in [5, 5.41) is 0. The average molecular weight is 364 g/mol. The molecule has 2 aromatic carbocycles. The summed E-state index contributed by atoms with van der Waals surface area (Å²) in [6.07, 6.45) is -0.147. The van der Waals surface area contributed by atoms with E-state index in [1.165, 1.54) is 12.1 Å². The number of benzene rings is 2. The zero-order valence-electron chi connectivity index (χ0n) is 11.8. The number of hydrogen-bond acceptors (Lipinski definition) is 2. The Labute approximate surface area is 136 Å². The van der Waals surface area contributed by atoms with Gasteiger partial charge in [-0.05, 0) is 39.7 Å². The minimum Gasteiger partial charge on any atom is -0.370 e. The largest absolute Gasteiger partial charge is 0.370 e. The Kier molecular flexibility index (Phi) is 4.55. The van der Waals surface area contributed by atoms with Crippen molar-refractivity contribution >= 4 is 21.8 Å². The van der Waals surface area contributed by atoms with E-state index in [0.717, 1.165) is 5.56 Å². The van der Waals surface area contributed by atoms with Crippen molar-refractivity contribution < 1.29 is 13.9 Å². The first kappa shape index (κ1) is 15.2. The monoisotopic (exact) mass is 363 g/mol. The molecule has 0 radical (unpaired) electrons. The molecular weight excluding hydrogens is 349 g/mol. The molecule has 1 aliphatic heterocycles. The summed E-state index contributed by atoms with van der Waals surface area (Å²) in [6, 6.07) is 13.9. The fourth-order valence-electron chi connectivity index (χ4n) is 2.53. The molecule has 1 saturated heterocycles. The predicted molar refractivity (Wildman–Crippen MR) is 85.1 cm³/mol. The highest BCUT2D eigenvalue weighted by molar-refractivity contribution is 9.10. The van der Waals surface area contributed by atoms with Crippen LogP contribution < -0.4 is 0 Å². The van der Waals surface area contributed by atoms with Gasteiger partial charge in [-0.3, -0.25) is 4.79 Å². The molecule has 1 atom stereocenters. The third kappa shape index (κ3) is 3.20. The van der Waals surface area contributed by atoms with Crippen LogP contribution in [0.4, 0.5) is 4.39 Å². The lowest BCUT2D eigenvalue weighted by Crippen LogP contribution is -2.42. The first-order valence-corrected chi connectivity index (χ1v) is 7.85. The highest BCUT2D eigenvalue weighted by Crippen LogP contribution is 2.25. The van der Waals surface area contributed by atoms with Gasteiger partial charge in [-0.25, -0.2) is 4.39 Å². The molecule has 22 heavy (non-hydrogen) atoms. The number of hydrogen-bond donors (Lipinski definition) is 0. The minimum atomic E-state index is -0.417. The lowest BCUT2D eigenvalue weighted by Gasteiger charge is -2.33. The maximum atomic E-state index is 13.4. The molecule has 0 aromatic heterocycles. The Morgan fingerprint density at radius 1 is 1.23 bits per heavy atom. The Bertz CT molecular complexity index is 678. The number of morpholine rings is 1. The van der Waals surface area contributed by atoms with Gasteiger partial charge in [0.05, 0.1) is 18.7 Å². The average Bonchev–Trinajstić information content (AvgIpc) is 2.57. The van der Waals surface area contributed by atoms with Crippen molar-refractivity contribution in [1.82, 2.24) is 4.90 Å². The molecular formula is C17H15BrFNO2. The SMILES string of the molecule is O=C(c1cc(F)ccc1Br)N1CCOC(c2ccccc2)C1. The smallest absolute Gasteiger partial charge is 0.255 e. The van der Waals surface area contributed by atoms with Crippen LogP contribution in [0.15, 0.2) is 53.0 Å². The zero-order chi connectivity index (χ0) is 15.5. The summed E-state index contributed by atoms with van der Waals surface area (Å²) in [5.74, 6) is -0.602. The molecule has 114 valence electrons. The topological polar surface area (TPSA) is 29.5 Å². The number of halogens is 2. The summed E-state index contributed by atoms with van der Waals surface area (Å²) in [4.78, 5) is 14.3. The molecule has 5 heteroatoms. The third-order valence-electron chi connectivity index (χ3n) is 3.68. The van der Waals surface area contributed by atoms with Gasteiger partial charge in [0.2, 0.25) is 0 Å². The lowest BCUT2D eigenvalue weighted by molar-refractivity contribution is -0.0228. The maximum absolute atomic E-state index is 13.4. The summed E-state index contributed by atoms with van der Waals surface area (Å²) in [6.45, 7) is 1.44. The molecule has 3 nitrogen and oxygen atoms in total. The molecule has 0 bridgehead atoms. The molecule has 0 aliphatic carbocycles. The van der Waals surface area contributed by atoms with Crippen LogP contribution in [0.5, 0.6) is 0 Å². The normalized spacial score (nSPS) is 18.3. The van der Waals surface area contributed by atoms with E-state index in [9.17, 15) is 9.18 Å². The van der Waals surface area contributed by atoms with Gasteiger partial charge >= 0.3 is 0 Å². The quantitative estimate of drug-likeness (QED) is 0.811. The second-order valence-corrected chi connectivity index (χ2v) is 6.00. The first-order chi connectivity index (χ1) is 10.6. The number of carbonyl (C=O) groups is 1. The predicted octanol–water partition coefficient (Wildman–Crippen LogP) is 3.80. The van der Waals surface area contributed by atoms with Crippen molar-refractivity contribution in [3.63, 3.8) is 0 Å². The molecule has 1 aliphatic rings. The van der Waals surface area contributed by atoms with Gasteiger partial charge in [0.15, 0.2) is 0 Å². The Balaban J connectivity index is 1.80. The molecule has 3 rings (SSSR count). The van der Waals surface area contributed by atoms with Crippen LogP contribution in [0.1, 0.15) is 22.0 Å². The highest BCUT2D eigenvalue weighted by atomic mass is 79.9. The van der Waals surface area contributed by atoms with E-state index < -0.39 is 5.82 Å². The van der Waals surface area contributed by atoms with Crippen LogP contribution >= 0.6 is 15.9 Å². The third-order valence-corrected chi connectivity index (χ3v) is 4.38. The van der Waals surface area contributed by atoms with Gasteiger partial charge in [-0.2, -0.15) is 0 Å².